The smallest absolute Gasteiger partial charge is 0.167 e. The number of benzene rings is 1. The van der Waals surface area contributed by atoms with E-state index in [1.807, 2.05) is 30.3 Å². The molecule has 0 saturated heterocycles. The summed E-state index contributed by atoms with van der Waals surface area (Å²) < 4.78 is 0. The van der Waals surface area contributed by atoms with E-state index in [4.69, 9.17) is 11.6 Å². The number of nitrogens with one attached hydrogen (secondary N) is 2. The van der Waals surface area contributed by atoms with Crippen molar-refractivity contribution in [1.29, 1.82) is 5.26 Å². The van der Waals surface area contributed by atoms with Gasteiger partial charge in [0.1, 0.15) is 11.6 Å². The van der Waals surface area contributed by atoms with Crippen LogP contribution in [0.2, 0.25) is 0 Å². The summed E-state index contributed by atoms with van der Waals surface area (Å²) in [6.07, 6.45) is 1.52. The number of H-pyrrole nitrogens is 1. The summed E-state index contributed by atoms with van der Waals surface area (Å²) >= 11 is 6.10. The van der Waals surface area contributed by atoms with Gasteiger partial charge in [-0.2, -0.15) is 5.26 Å². The topological polar surface area (TPSA) is 64.0 Å². The van der Waals surface area contributed by atoms with Gasteiger partial charge in [-0.05, 0) is 5.56 Å². The molecule has 2 aromatic rings. The van der Waals surface area contributed by atoms with Gasteiger partial charge in [0.15, 0.2) is 5.50 Å². The third-order valence-corrected chi connectivity index (χ3v) is 3.19. The van der Waals surface area contributed by atoms with E-state index in [2.05, 4.69) is 21.4 Å². The zero-order valence-corrected chi connectivity index (χ0v) is 10.1. The Balaban J connectivity index is 2.21. The van der Waals surface area contributed by atoms with Crippen molar-refractivity contribution in [3.8, 4) is 17.3 Å². The van der Waals surface area contributed by atoms with Crippen LogP contribution in [0.15, 0.2) is 35.3 Å². The first-order valence-corrected chi connectivity index (χ1v) is 5.88. The monoisotopic (exact) mass is 256 g/mol. The maximum absolute atomic E-state index is 9.31. The number of hydrogen-bond donors (Lipinski definition) is 2. The maximum atomic E-state index is 9.31. The van der Waals surface area contributed by atoms with Crippen molar-refractivity contribution in [2.45, 2.75) is 5.50 Å². The Bertz CT molecular complexity index is 652. The minimum atomic E-state index is -0.481. The van der Waals surface area contributed by atoms with Crippen molar-refractivity contribution in [2.75, 3.05) is 5.32 Å². The predicted octanol–water partition coefficient (Wildman–Crippen LogP) is 3.24. The largest absolute Gasteiger partial charge is 0.353 e. The first kappa shape index (κ1) is 10.9. The Morgan fingerprint density at radius 3 is 2.78 bits per heavy atom. The Hall–Kier alpha value is -2.25. The van der Waals surface area contributed by atoms with Crippen LogP contribution in [0.1, 0.15) is 16.8 Å². The number of rotatable bonds is 1. The van der Waals surface area contributed by atoms with Gasteiger partial charge >= 0.3 is 0 Å². The van der Waals surface area contributed by atoms with Crippen LogP contribution < -0.4 is 5.32 Å². The number of halogens is 1. The summed E-state index contributed by atoms with van der Waals surface area (Å²) in [5, 5.41) is 12.3. The number of hydrogen-bond acceptors (Lipinski definition) is 3. The van der Waals surface area contributed by atoms with E-state index in [0.29, 0.717) is 11.3 Å². The molecule has 5 heteroatoms. The average Bonchev–Trinajstić information content (AvgIpc) is 2.80. The molecule has 1 aromatic heterocycles. The second-order valence-corrected chi connectivity index (χ2v) is 4.31. The minimum absolute atomic E-state index is 0.481. The molecule has 0 fully saturated rings. The van der Waals surface area contributed by atoms with E-state index in [-0.39, 0.29) is 0 Å². The van der Waals surface area contributed by atoms with E-state index in [9.17, 15) is 5.26 Å². The first-order valence-electron chi connectivity index (χ1n) is 5.45. The quantitative estimate of drug-likeness (QED) is 0.608. The van der Waals surface area contributed by atoms with Crippen molar-refractivity contribution < 1.29 is 0 Å². The Kier molecular flexibility index (Phi) is 2.54. The van der Waals surface area contributed by atoms with Gasteiger partial charge in [0.2, 0.25) is 0 Å². The number of aliphatic imine (C=N–C) groups is 1. The lowest BCUT2D eigenvalue weighted by molar-refractivity contribution is 0.964. The molecule has 18 heavy (non-hydrogen) atoms. The van der Waals surface area contributed by atoms with Crippen LogP contribution in [0.5, 0.6) is 0 Å². The molecule has 0 bridgehead atoms. The first-order chi connectivity index (χ1) is 8.81. The molecule has 1 aromatic carbocycles. The lowest BCUT2D eigenvalue weighted by Crippen LogP contribution is -2.06. The fourth-order valence-electron chi connectivity index (χ4n) is 2.02. The Labute approximate surface area is 109 Å². The number of fused-ring (bicyclic) bond motifs is 1. The molecule has 0 spiro atoms. The van der Waals surface area contributed by atoms with Crippen LogP contribution in [-0.2, 0) is 0 Å². The number of nitrogens with zero attached hydrogens (tertiary/aromatic N) is 2. The van der Waals surface area contributed by atoms with Crippen molar-refractivity contribution >= 4 is 23.6 Å². The number of alkyl halides is 1. The number of nitriles is 1. The molecular weight excluding hydrogens is 248 g/mol. The van der Waals surface area contributed by atoms with Gasteiger partial charge in [-0.1, -0.05) is 41.9 Å². The second kappa shape index (κ2) is 4.21. The van der Waals surface area contributed by atoms with Crippen LogP contribution >= 0.6 is 11.6 Å². The fourth-order valence-corrected chi connectivity index (χ4v) is 2.24. The zero-order chi connectivity index (χ0) is 12.5. The fraction of sp³-hybridized carbons (Fsp3) is 0.0769. The van der Waals surface area contributed by atoms with E-state index in [1.54, 1.807) is 0 Å². The highest BCUT2D eigenvalue weighted by Gasteiger charge is 2.24. The van der Waals surface area contributed by atoms with Crippen LogP contribution in [0.3, 0.4) is 0 Å². The number of aromatic amines is 1. The third kappa shape index (κ3) is 1.57. The molecule has 1 aliphatic heterocycles. The van der Waals surface area contributed by atoms with Gasteiger partial charge < -0.3 is 10.3 Å². The zero-order valence-electron chi connectivity index (χ0n) is 9.31. The Morgan fingerprint density at radius 2 is 2.06 bits per heavy atom. The van der Waals surface area contributed by atoms with Gasteiger partial charge in [-0.3, -0.25) is 0 Å². The maximum Gasteiger partial charge on any atom is 0.167 e. The molecular formula is C13H9ClN4. The van der Waals surface area contributed by atoms with E-state index in [1.165, 1.54) is 6.34 Å². The average molecular weight is 257 g/mol. The molecule has 1 atom stereocenters. The molecule has 0 radical (unpaired) electrons. The minimum Gasteiger partial charge on any atom is -0.353 e. The third-order valence-electron chi connectivity index (χ3n) is 2.86. The molecule has 3 rings (SSSR count). The van der Waals surface area contributed by atoms with E-state index < -0.39 is 5.50 Å². The van der Waals surface area contributed by atoms with Crippen LogP contribution in [0.25, 0.3) is 11.3 Å². The molecule has 88 valence electrons. The van der Waals surface area contributed by atoms with Crippen LogP contribution in [0.4, 0.5) is 5.69 Å². The van der Waals surface area contributed by atoms with Gasteiger partial charge in [0.05, 0.1) is 23.4 Å². The number of aromatic nitrogens is 1. The van der Waals surface area contributed by atoms with Crippen molar-refractivity contribution in [1.82, 2.24) is 4.98 Å². The lowest BCUT2D eigenvalue weighted by Gasteiger charge is -2.11. The van der Waals surface area contributed by atoms with Crippen LogP contribution in [-0.4, -0.2) is 11.3 Å². The van der Waals surface area contributed by atoms with E-state index >= 15 is 0 Å². The normalized spacial score (nSPS) is 16.8. The number of anilines is 1. The van der Waals surface area contributed by atoms with E-state index in [0.717, 1.165) is 17.0 Å². The molecule has 0 amide bonds. The SMILES string of the molecule is N#Cc1c(-c2ccccc2)[nH]c2c1NC=NC2Cl. The highest BCUT2D eigenvalue weighted by molar-refractivity contribution is 6.22. The molecule has 2 N–H and O–H groups in total. The highest BCUT2D eigenvalue weighted by Crippen LogP contribution is 2.38. The summed E-state index contributed by atoms with van der Waals surface area (Å²) in [5.41, 5.74) is 3.25. The lowest BCUT2D eigenvalue weighted by atomic mass is 10.1. The molecule has 4 nitrogen and oxygen atoms in total. The van der Waals surface area contributed by atoms with Gasteiger partial charge in [0, 0.05) is 0 Å². The molecule has 1 aliphatic rings. The van der Waals surface area contributed by atoms with Gasteiger partial charge in [0.25, 0.3) is 0 Å². The van der Waals surface area contributed by atoms with Crippen molar-refractivity contribution in [3.05, 3.63) is 41.6 Å². The summed E-state index contributed by atoms with van der Waals surface area (Å²) in [5.74, 6) is 0. The highest BCUT2D eigenvalue weighted by atomic mass is 35.5. The Morgan fingerprint density at radius 1 is 1.28 bits per heavy atom. The van der Waals surface area contributed by atoms with Crippen molar-refractivity contribution in [3.63, 3.8) is 0 Å². The standard InChI is InChI=1S/C13H9ClN4/c14-13-12-11(16-7-17-13)9(6-15)10(18-12)8-4-2-1-3-5-8/h1-5,7,13,18H,(H,16,17). The summed E-state index contributed by atoms with van der Waals surface area (Å²) in [6, 6.07) is 11.9. The second-order valence-electron chi connectivity index (χ2n) is 3.90. The van der Waals surface area contributed by atoms with Gasteiger partial charge in [-0.25, -0.2) is 4.99 Å². The molecule has 2 heterocycles. The van der Waals surface area contributed by atoms with Gasteiger partial charge in [-0.15, -0.1) is 0 Å². The predicted molar refractivity (Wildman–Crippen MR) is 71.7 cm³/mol. The summed E-state index contributed by atoms with van der Waals surface area (Å²) in [4.78, 5) is 7.23. The summed E-state index contributed by atoms with van der Waals surface area (Å²) in [7, 11) is 0. The molecule has 1 unspecified atom stereocenters. The summed E-state index contributed by atoms with van der Waals surface area (Å²) in [6.45, 7) is 0. The van der Waals surface area contributed by atoms with Crippen LogP contribution in [0, 0.1) is 11.3 Å². The molecule has 0 aliphatic carbocycles. The van der Waals surface area contributed by atoms with Crippen molar-refractivity contribution in [2.24, 2.45) is 4.99 Å². The molecule has 0 saturated carbocycles.